The van der Waals surface area contributed by atoms with Gasteiger partial charge < -0.3 is 0 Å². The van der Waals surface area contributed by atoms with E-state index in [0.29, 0.717) is 10.0 Å². The molecule has 0 amide bonds. The molecule has 0 aliphatic rings. The van der Waals surface area contributed by atoms with Crippen LogP contribution in [-0.4, -0.2) is 18.0 Å². The van der Waals surface area contributed by atoms with Gasteiger partial charge in [0.25, 0.3) is 0 Å². The molecule has 0 fully saturated rings. The molecule has 1 aromatic carbocycles. The molecule has 1 atom stereocenters. The first-order chi connectivity index (χ1) is 9.63. The number of hydrogen-bond donors (Lipinski definition) is 0. The molecule has 0 saturated heterocycles. The fraction of sp³-hybridized carbons (Fsp3) is 0.529. The zero-order valence-electron chi connectivity index (χ0n) is 12.3. The van der Waals surface area contributed by atoms with Crippen molar-refractivity contribution in [2.75, 3.05) is 13.1 Å². The molecule has 1 unspecified atom stereocenters. The summed E-state index contributed by atoms with van der Waals surface area (Å²) >= 11 is 12.3. The third-order valence-corrected chi connectivity index (χ3v) is 3.94. The lowest BCUT2D eigenvalue weighted by molar-refractivity contribution is 0.230. The van der Waals surface area contributed by atoms with Crippen molar-refractivity contribution >= 4 is 23.2 Å². The van der Waals surface area contributed by atoms with Crippen molar-refractivity contribution in [2.24, 2.45) is 0 Å². The van der Waals surface area contributed by atoms with E-state index in [2.05, 4.69) is 24.7 Å². The van der Waals surface area contributed by atoms with Crippen LogP contribution in [0.1, 0.15) is 51.1 Å². The molecule has 0 aliphatic heterocycles. The van der Waals surface area contributed by atoms with Gasteiger partial charge in [0, 0.05) is 15.6 Å². The Morgan fingerprint density at radius 3 is 2.20 bits per heavy atom. The number of halogens is 2. The second-order valence-corrected chi connectivity index (χ2v) is 5.82. The van der Waals surface area contributed by atoms with Crippen LogP contribution in [0.2, 0.25) is 10.0 Å². The summed E-state index contributed by atoms with van der Waals surface area (Å²) < 4.78 is 0. The molecule has 0 radical (unpaired) electrons. The molecule has 0 saturated carbocycles. The van der Waals surface area contributed by atoms with Crippen molar-refractivity contribution < 1.29 is 0 Å². The molecule has 110 valence electrons. The van der Waals surface area contributed by atoms with Crippen molar-refractivity contribution in [1.82, 2.24) is 4.90 Å². The van der Waals surface area contributed by atoms with E-state index < -0.39 is 0 Å². The van der Waals surface area contributed by atoms with E-state index in [0.717, 1.165) is 44.3 Å². The van der Waals surface area contributed by atoms with Gasteiger partial charge in [-0.15, -0.1) is 6.42 Å². The van der Waals surface area contributed by atoms with E-state index in [-0.39, 0.29) is 6.04 Å². The lowest BCUT2D eigenvalue weighted by Crippen LogP contribution is -2.30. The fourth-order valence-electron chi connectivity index (χ4n) is 2.21. The highest BCUT2D eigenvalue weighted by Crippen LogP contribution is 2.30. The summed E-state index contributed by atoms with van der Waals surface area (Å²) in [5.74, 6) is 2.89. The number of rotatable bonds is 8. The van der Waals surface area contributed by atoms with Gasteiger partial charge in [-0.3, -0.25) is 4.90 Å². The summed E-state index contributed by atoms with van der Waals surface area (Å²) in [4.78, 5) is 2.35. The van der Waals surface area contributed by atoms with Gasteiger partial charge in [0.2, 0.25) is 0 Å². The van der Waals surface area contributed by atoms with Gasteiger partial charge in [0.05, 0.1) is 6.04 Å². The second-order valence-electron chi connectivity index (χ2n) is 4.98. The van der Waals surface area contributed by atoms with Crippen molar-refractivity contribution in [3.05, 3.63) is 33.8 Å². The predicted molar refractivity (Wildman–Crippen MR) is 89.4 cm³/mol. The zero-order chi connectivity index (χ0) is 15.0. The molecule has 0 bridgehead atoms. The van der Waals surface area contributed by atoms with Crippen LogP contribution < -0.4 is 0 Å². The minimum absolute atomic E-state index is 0.0714. The molecule has 20 heavy (non-hydrogen) atoms. The molecule has 1 nitrogen and oxygen atoms in total. The summed E-state index contributed by atoms with van der Waals surface area (Å²) in [6.07, 6.45) is 10.4. The van der Waals surface area contributed by atoms with Crippen LogP contribution in [0.5, 0.6) is 0 Å². The maximum absolute atomic E-state index is 6.31. The summed E-state index contributed by atoms with van der Waals surface area (Å²) in [6, 6.07) is 5.49. The van der Waals surface area contributed by atoms with Crippen molar-refractivity contribution in [3.63, 3.8) is 0 Å². The molecule has 3 heteroatoms. The summed E-state index contributed by atoms with van der Waals surface area (Å²) in [5, 5.41) is 1.29. The standard InChI is InChI=1S/C17H23Cl2N/c1-4-7-11-20(12-8-5-2)17(6-3)15-10-9-14(18)13-16(15)19/h3,9-10,13,17H,4-5,7-8,11-12H2,1-2H3. The predicted octanol–water partition coefficient (Wildman–Crippen LogP) is 5.57. The van der Waals surface area contributed by atoms with Gasteiger partial charge in [-0.05, 0) is 38.1 Å². The molecule has 0 aromatic heterocycles. The van der Waals surface area contributed by atoms with Crippen molar-refractivity contribution in [1.29, 1.82) is 0 Å². The molecule has 0 aliphatic carbocycles. The first-order valence-electron chi connectivity index (χ1n) is 7.29. The van der Waals surface area contributed by atoms with Crippen molar-refractivity contribution in [3.8, 4) is 12.3 Å². The lowest BCUT2D eigenvalue weighted by Gasteiger charge is -2.29. The maximum Gasteiger partial charge on any atom is 0.0982 e. The Hall–Kier alpha value is -0.680. The van der Waals surface area contributed by atoms with E-state index in [1.165, 1.54) is 0 Å². The van der Waals surface area contributed by atoms with Crippen LogP contribution in [0.4, 0.5) is 0 Å². The summed E-state index contributed by atoms with van der Waals surface area (Å²) in [7, 11) is 0. The summed E-state index contributed by atoms with van der Waals surface area (Å²) in [6.45, 7) is 6.39. The van der Waals surface area contributed by atoms with Crippen LogP contribution in [0.3, 0.4) is 0 Å². The van der Waals surface area contributed by atoms with Gasteiger partial charge >= 0.3 is 0 Å². The number of unbranched alkanes of at least 4 members (excludes halogenated alkanes) is 2. The van der Waals surface area contributed by atoms with Crippen LogP contribution >= 0.6 is 23.2 Å². The average Bonchev–Trinajstić information content (AvgIpc) is 2.43. The quantitative estimate of drug-likeness (QED) is 0.567. The number of nitrogens with zero attached hydrogens (tertiary/aromatic N) is 1. The Labute approximate surface area is 133 Å². The van der Waals surface area contributed by atoms with Gasteiger partial charge in [-0.25, -0.2) is 0 Å². The SMILES string of the molecule is C#CC(c1ccc(Cl)cc1Cl)N(CCCC)CCCC. The maximum atomic E-state index is 6.31. The molecule has 0 heterocycles. The molecule has 0 N–H and O–H groups in total. The zero-order valence-corrected chi connectivity index (χ0v) is 13.8. The van der Waals surface area contributed by atoms with Gasteiger partial charge in [0.1, 0.15) is 0 Å². The fourth-order valence-corrected chi connectivity index (χ4v) is 2.72. The molecular formula is C17H23Cl2N. The van der Waals surface area contributed by atoms with Gasteiger partial charge in [-0.1, -0.05) is 61.9 Å². The lowest BCUT2D eigenvalue weighted by atomic mass is 10.0. The smallest absolute Gasteiger partial charge is 0.0982 e. The number of terminal acetylenes is 1. The average molecular weight is 312 g/mol. The third kappa shape index (κ3) is 5.02. The normalized spacial score (nSPS) is 12.4. The molecule has 1 rings (SSSR count). The Bertz CT molecular complexity index is 443. The second kappa shape index (κ2) is 9.29. The van der Waals surface area contributed by atoms with E-state index in [9.17, 15) is 0 Å². The first-order valence-corrected chi connectivity index (χ1v) is 8.04. The van der Waals surface area contributed by atoms with E-state index >= 15 is 0 Å². The monoisotopic (exact) mass is 311 g/mol. The minimum Gasteiger partial charge on any atom is -0.286 e. The summed E-state index contributed by atoms with van der Waals surface area (Å²) in [5.41, 5.74) is 0.978. The van der Waals surface area contributed by atoms with E-state index in [1.807, 2.05) is 12.1 Å². The topological polar surface area (TPSA) is 3.24 Å². The van der Waals surface area contributed by atoms with Gasteiger partial charge in [-0.2, -0.15) is 0 Å². The highest BCUT2D eigenvalue weighted by molar-refractivity contribution is 6.35. The largest absolute Gasteiger partial charge is 0.286 e. The number of benzene rings is 1. The molecular weight excluding hydrogens is 289 g/mol. The third-order valence-electron chi connectivity index (χ3n) is 3.38. The number of hydrogen-bond acceptors (Lipinski definition) is 1. The minimum atomic E-state index is -0.0714. The van der Waals surface area contributed by atoms with Gasteiger partial charge in [0.15, 0.2) is 0 Å². The van der Waals surface area contributed by atoms with Crippen LogP contribution in [-0.2, 0) is 0 Å². The Morgan fingerprint density at radius 2 is 1.75 bits per heavy atom. The highest BCUT2D eigenvalue weighted by atomic mass is 35.5. The van der Waals surface area contributed by atoms with Crippen molar-refractivity contribution in [2.45, 2.75) is 45.6 Å². The Kier molecular flexibility index (Phi) is 8.07. The van der Waals surface area contributed by atoms with Crippen LogP contribution in [0, 0.1) is 12.3 Å². The highest BCUT2D eigenvalue weighted by Gasteiger charge is 2.19. The van der Waals surface area contributed by atoms with E-state index in [4.69, 9.17) is 29.6 Å². The Balaban J connectivity index is 2.96. The van der Waals surface area contributed by atoms with Crippen LogP contribution in [0.15, 0.2) is 18.2 Å². The first kappa shape index (κ1) is 17.4. The molecule has 1 aromatic rings. The molecule has 0 spiro atoms. The van der Waals surface area contributed by atoms with Crippen LogP contribution in [0.25, 0.3) is 0 Å². The van der Waals surface area contributed by atoms with E-state index in [1.54, 1.807) is 6.07 Å². The Morgan fingerprint density at radius 1 is 1.15 bits per heavy atom.